The second-order valence-corrected chi connectivity index (χ2v) is 6.46. The molecule has 0 bridgehead atoms. The SMILES string of the molecule is CCN1CCN(c2c(Cl)cccc2NC(=O)C2CCCO2)CC1. The summed E-state index contributed by atoms with van der Waals surface area (Å²) in [6, 6.07) is 5.67. The van der Waals surface area contributed by atoms with Crippen LogP contribution in [0.2, 0.25) is 5.02 Å². The zero-order valence-corrected chi connectivity index (χ0v) is 14.3. The molecule has 0 radical (unpaired) electrons. The molecule has 1 aromatic carbocycles. The van der Waals surface area contributed by atoms with Gasteiger partial charge in [-0.3, -0.25) is 4.79 Å². The molecule has 23 heavy (non-hydrogen) atoms. The fourth-order valence-corrected chi connectivity index (χ4v) is 3.52. The molecule has 2 heterocycles. The summed E-state index contributed by atoms with van der Waals surface area (Å²) in [6.07, 6.45) is 1.40. The first-order valence-electron chi connectivity index (χ1n) is 8.37. The monoisotopic (exact) mass is 337 g/mol. The molecule has 1 unspecified atom stereocenters. The van der Waals surface area contributed by atoms with Crippen molar-refractivity contribution in [1.82, 2.24) is 4.90 Å². The standard InChI is InChI=1S/C17H24ClN3O2/c1-2-20-8-10-21(11-9-20)16-13(18)5-3-6-14(16)19-17(22)15-7-4-12-23-15/h3,5-6,15H,2,4,7-12H2,1H3,(H,19,22). The van der Waals surface area contributed by atoms with Crippen molar-refractivity contribution in [3.8, 4) is 0 Å². The second-order valence-electron chi connectivity index (χ2n) is 6.05. The van der Waals surface area contributed by atoms with Crippen molar-refractivity contribution in [2.45, 2.75) is 25.9 Å². The van der Waals surface area contributed by atoms with Gasteiger partial charge in [-0.2, -0.15) is 0 Å². The smallest absolute Gasteiger partial charge is 0.253 e. The second kappa shape index (κ2) is 7.51. The third kappa shape index (κ3) is 3.79. The summed E-state index contributed by atoms with van der Waals surface area (Å²) >= 11 is 6.44. The van der Waals surface area contributed by atoms with E-state index in [4.69, 9.17) is 16.3 Å². The normalized spacial score (nSPS) is 22.3. The van der Waals surface area contributed by atoms with Gasteiger partial charge in [0.25, 0.3) is 5.91 Å². The van der Waals surface area contributed by atoms with Gasteiger partial charge >= 0.3 is 0 Å². The summed E-state index contributed by atoms with van der Waals surface area (Å²) in [7, 11) is 0. The maximum atomic E-state index is 12.4. The van der Waals surface area contributed by atoms with E-state index in [0.717, 1.165) is 56.9 Å². The number of piperazine rings is 1. The lowest BCUT2D eigenvalue weighted by molar-refractivity contribution is -0.124. The number of halogens is 1. The molecule has 2 aliphatic rings. The Morgan fingerprint density at radius 3 is 2.78 bits per heavy atom. The first kappa shape index (κ1) is 16.6. The molecule has 1 amide bonds. The molecule has 1 aromatic rings. The number of carbonyl (C=O) groups is 1. The highest BCUT2D eigenvalue weighted by Crippen LogP contribution is 2.35. The van der Waals surface area contributed by atoms with E-state index in [1.807, 2.05) is 18.2 Å². The molecule has 2 fully saturated rings. The van der Waals surface area contributed by atoms with Gasteiger partial charge in [-0.25, -0.2) is 0 Å². The molecule has 1 atom stereocenters. The van der Waals surface area contributed by atoms with Crippen LogP contribution < -0.4 is 10.2 Å². The Morgan fingerprint density at radius 2 is 2.13 bits per heavy atom. The highest BCUT2D eigenvalue weighted by atomic mass is 35.5. The number of anilines is 2. The minimum atomic E-state index is -0.334. The molecule has 2 saturated heterocycles. The van der Waals surface area contributed by atoms with Crippen molar-refractivity contribution in [2.24, 2.45) is 0 Å². The van der Waals surface area contributed by atoms with Crippen LogP contribution in [0.4, 0.5) is 11.4 Å². The van der Waals surface area contributed by atoms with Crippen molar-refractivity contribution in [2.75, 3.05) is 49.5 Å². The van der Waals surface area contributed by atoms with Gasteiger partial charge in [0.15, 0.2) is 0 Å². The number of hydrogen-bond acceptors (Lipinski definition) is 4. The number of nitrogens with one attached hydrogen (secondary N) is 1. The molecule has 3 rings (SSSR count). The minimum absolute atomic E-state index is 0.0711. The van der Waals surface area contributed by atoms with Crippen LogP contribution in [0.15, 0.2) is 18.2 Å². The van der Waals surface area contributed by atoms with Crippen LogP contribution >= 0.6 is 11.6 Å². The molecular weight excluding hydrogens is 314 g/mol. The zero-order valence-electron chi connectivity index (χ0n) is 13.6. The van der Waals surface area contributed by atoms with Crippen molar-refractivity contribution < 1.29 is 9.53 Å². The average molecular weight is 338 g/mol. The highest BCUT2D eigenvalue weighted by Gasteiger charge is 2.26. The van der Waals surface area contributed by atoms with E-state index in [9.17, 15) is 4.79 Å². The number of amides is 1. The summed E-state index contributed by atoms with van der Waals surface area (Å²) in [5, 5.41) is 3.69. The number of rotatable bonds is 4. The molecule has 2 aliphatic heterocycles. The largest absolute Gasteiger partial charge is 0.368 e. The number of ether oxygens (including phenoxy) is 1. The zero-order chi connectivity index (χ0) is 16.2. The lowest BCUT2D eigenvalue weighted by Crippen LogP contribution is -2.46. The number of hydrogen-bond donors (Lipinski definition) is 1. The first-order valence-corrected chi connectivity index (χ1v) is 8.75. The molecule has 0 spiro atoms. The Labute approximate surface area is 142 Å². The summed E-state index contributed by atoms with van der Waals surface area (Å²) in [5.41, 5.74) is 1.71. The lowest BCUT2D eigenvalue weighted by Gasteiger charge is -2.36. The number of benzene rings is 1. The summed E-state index contributed by atoms with van der Waals surface area (Å²) in [5.74, 6) is -0.0711. The predicted molar refractivity (Wildman–Crippen MR) is 93.4 cm³/mol. The van der Waals surface area contributed by atoms with Gasteiger partial charge in [0.1, 0.15) is 6.10 Å². The molecule has 0 aliphatic carbocycles. The number of likely N-dealkylation sites (N-methyl/N-ethyl adjacent to an activating group) is 1. The van der Waals surface area contributed by atoms with E-state index >= 15 is 0 Å². The molecule has 0 saturated carbocycles. The Hall–Kier alpha value is -1.30. The van der Waals surface area contributed by atoms with Gasteiger partial charge in [0, 0.05) is 32.8 Å². The molecule has 126 valence electrons. The fourth-order valence-electron chi connectivity index (χ4n) is 3.22. The van der Waals surface area contributed by atoms with Crippen LogP contribution in [0.3, 0.4) is 0 Å². The summed E-state index contributed by atoms with van der Waals surface area (Å²) in [6.45, 7) is 7.78. The Balaban J connectivity index is 1.75. The maximum absolute atomic E-state index is 12.4. The third-order valence-corrected chi connectivity index (χ3v) is 4.91. The summed E-state index contributed by atoms with van der Waals surface area (Å²) < 4.78 is 5.47. The van der Waals surface area contributed by atoms with Crippen LogP contribution in [0.25, 0.3) is 0 Å². The van der Waals surface area contributed by atoms with Crippen molar-refractivity contribution in [3.05, 3.63) is 23.2 Å². The van der Waals surface area contributed by atoms with Gasteiger partial charge in [-0.15, -0.1) is 0 Å². The average Bonchev–Trinajstić information content (AvgIpc) is 3.10. The molecular formula is C17H24ClN3O2. The quantitative estimate of drug-likeness (QED) is 0.917. The van der Waals surface area contributed by atoms with Crippen LogP contribution in [-0.2, 0) is 9.53 Å². The van der Waals surface area contributed by atoms with Gasteiger partial charge in [0.2, 0.25) is 0 Å². The number of para-hydroxylation sites is 1. The van der Waals surface area contributed by atoms with E-state index < -0.39 is 0 Å². The van der Waals surface area contributed by atoms with E-state index in [1.54, 1.807) is 0 Å². The van der Waals surface area contributed by atoms with E-state index in [1.165, 1.54) is 0 Å². The van der Waals surface area contributed by atoms with Crippen molar-refractivity contribution >= 4 is 28.9 Å². The van der Waals surface area contributed by atoms with Crippen LogP contribution in [0.5, 0.6) is 0 Å². The van der Waals surface area contributed by atoms with E-state index in [-0.39, 0.29) is 12.0 Å². The van der Waals surface area contributed by atoms with Crippen molar-refractivity contribution in [1.29, 1.82) is 0 Å². The molecule has 6 heteroatoms. The van der Waals surface area contributed by atoms with Crippen LogP contribution in [0.1, 0.15) is 19.8 Å². The van der Waals surface area contributed by atoms with E-state index in [2.05, 4.69) is 22.0 Å². The molecule has 1 N–H and O–H groups in total. The Morgan fingerprint density at radius 1 is 1.35 bits per heavy atom. The Bertz CT molecular complexity index is 553. The molecule has 0 aromatic heterocycles. The van der Waals surface area contributed by atoms with E-state index in [0.29, 0.717) is 11.6 Å². The third-order valence-electron chi connectivity index (χ3n) is 4.60. The van der Waals surface area contributed by atoms with Crippen LogP contribution in [-0.4, -0.2) is 56.2 Å². The summed E-state index contributed by atoms with van der Waals surface area (Å²) in [4.78, 5) is 17.0. The predicted octanol–water partition coefficient (Wildman–Crippen LogP) is 2.60. The van der Waals surface area contributed by atoms with Gasteiger partial charge < -0.3 is 19.9 Å². The fraction of sp³-hybridized carbons (Fsp3) is 0.588. The topological polar surface area (TPSA) is 44.8 Å². The van der Waals surface area contributed by atoms with Crippen LogP contribution in [0, 0.1) is 0 Å². The van der Waals surface area contributed by atoms with Gasteiger partial charge in [0.05, 0.1) is 16.4 Å². The van der Waals surface area contributed by atoms with Crippen molar-refractivity contribution in [3.63, 3.8) is 0 Å². The highest BCUT2D eigenvalue weighted by molar-refractivity contribution is 6.34. The lowest BCUT2D eigenvalue weighted by atomic mass is 10.2. The molecule has 5 nitrogen and oxygen atoms in total. The minimum Gasteiger partial charge on any atom is -0.368 e. The van der Waals surface area contributed by atoms with Gasteiger partial charge in [-0.05, 0) is 31.5 Å². The Kier molecular flexibility index (Phi) is 5.41. The number of nitrogens with zero attached hydrogens (tertiary/aromatic N) is 2. The maximum Gasteiger partial charge on any atom is 0.253 e. The number of carbonyl (C=O) groups excluding carboxylic acids is 1. The first-order chi connectivity index (χ1) is 11.2. The van der Waals surface area contributed by atoms with Gasteiger partial charge in [-0.1, -0.05) is 24.6 Å².